The van der Waals surface area contributed by atoms with E-state index in [1.807, 2.05) is 0 Å². The van der Waals surface area contributed by atoms with Gasteiger partial charge in [-0.05, 0) is 36.4 Å². The summed E-state index contributed by atoms with van der Waals surface area (Å²) in [4.78, 5) is 0.0484. The first-order chi connectivity index (χ1) is 9.32. The third-order valence-electron chi connectivity index (χ3n) is 2.77. The molecule has 0 radical (unpaired) electrons. The van der Waals surface area contributed by atoms with Crippen molar-refractivity contribution in [3.05, 3.63) is 52.0 Å². The second-order valence-electron chi connectivity index (χ2n) is 4.14. The van der Waals surface area contributed by atoms with Crippen LogP contribution in [0.4, 0.5) is 11.4 Å². The van der Waals surface area contributed by atoms with E-state index in [1.54, 1.807) is 36.4 Å². The highest BCUT2D eigenvalue weighted by atomic mass is 79.9. The van der Waals surface area contributed by atoms with Crippen LogP contribution in [-0.4, -0.2) is 15.5 Å². The smallest absolute Gasteiger partial charge is 0.265 e. The van der Waals surface area contributed by atoms with E-state index in [0.29, 0.717) is 15.8 Å². The van der Waals surface area contributed by atoms with Crippen LogP contribution < -0.4 is 10.0 Å². The fourth-order valence-electron chi connectivity index (χ4n) is 1.69. The number of nitrogens with zero attached hydrogens (tertiary/aromatic N) is 1. The first kappa shape index (κ1) is 15.2. The van der Waals surface area contributed by atoms with Crippen LogP contribution in [-0.2, 0) is 10.0 Å². The van der Waals surface area contributed by atoms with Crippen molar-refractivity contribution < 1.29 is 8.42 Å². The number of nitrogen functional groups attached to an aromatic ring is 1. The minimum Gasteiger partial charge on any atom is -0.399 e. The molecule has 7 heteroatoms. The van der Waals surface area contributed by atoms with Crippen molar-refractivity contribution in [1.82, 2.24) is 0 Å². The van der Waals surface area contributed by atoms with E-state index >= 15 is 0 Å². The molecule has 0 aliphatic heterocycles. The molecular formula is C13H12BrClN2O2S. The standard InChI is InChI=1S/C13H12BrClN2O2S/c1-17(11-4-2-3-10(16)8-11)20(18,19)13-6-5-9(14)7-12(13)15/h2-8H,16H2,1H3. The Kier molecular flexibility index (Phi) is 4.27. The van der Waals surface area contributed by atoms with E-state index in [9.17, 15) is 8.42 Å². The van der Waals surface area contributed by atoms with Gasteiger partial charge in [-0.15, -0.1) is 0 Å². The van der Waals surface area contributed by atoms with Gasteiger partial charge >= 0.3 is 0 Å². The second kappa shape index (κ2) is 5.63. The molecule has 0 aromatic heterocycles. The average molecular weight is 376 g/mol. The highest BCUT2D eigenvalue weighted by molar-refractivity contribution is 9.10. The van der Waals surface area contributed by atoms with Crippen molar-refractivity contribution in [2.75, 3.05) is 17.1 Å². The van der Waals surface area contributed by atoms with Gasteiger partial charge in [-0.25, -0.2) is 8.42 Å². The van der Waals surface area contributed by atoms with Gasteiger partial charge in [0.25, 0.3) is 10.0 Å². The molecule has 0 amide bonds. The Labute approximate surface area is 131 Å². The molecule has 0 heterocycles. The van der Waals surface area contributed by atoms with Crippen molar-refractivity contribution in [2.45, 2.75) is 4.90 Å². The molecule has 2 N–H and O–H groups in total. The molecule has 0 unspecified atom stereocenters. The van der Waals surface area contributed by atoms with Crippen molar-refractivity contribution in [3.8, 4) is 0 Å². The van der Waals surface area contributed by atoms with Gasteiger partial charge in [0.05, 0.1) is 10.7 Å². The number of anilines is 2. The molecule has 2 rings (SSSR count). The number of halogens is 2. The van der Waals surface area contributed by atoms with Gasteiger partial charge in [0.15, 0.2) is 0 Å². The summed E-state index contributed by atoms with van der Waals surface area (Å²) in [6.07, 6.45) is 0. The Hall–Kier alpha value is -1.24. The number of rotatable bonds is 3. The summed E-state index contributed by atoms with van der Waals surface area (Å²) in [5.74, 6) is 0. The summed E-state index contributed by atoms with van der Waals surface area (Å²) < 4.78 is 27.0. The molecule has 0 saturated heterocycles. The SMILES string of the molecule is CN(c1cccc(N)c1)S(=O)(=O)c1ccc(Br)cc1Cl. The van der Waals surface area contributed by atoms with E-state index < -0.39 is 10.0 Å². The first-order valence-corrected chi connectivity index (χ1v) is 8.23. The quantitative estimate of drug-likeness (QED) is 0.835. The topological polar surface area (TPSA) is 63.4 Å². The van der Waals surface area contributed by atoms with Crippen molar-refractivity contribution >= 4 is 48.9 Å². The zero-order valence-corrected chi connectivity index (χ0v) is 13.7. The Morgan fingerprint density at radius 3 is 2.50 bits per heavy atom. The van der Waals surface area contributed by atoms with E-state index in [-0.39, 0.29) is 9.92 Å². The second-order valence-corrected chi connectivity index (χ2v) is 7.40. The summed E-state index contributed by atoms with van der Waals surface area (Å²) in [6.45, 7) is 0. The Morgan fingerprint density at radius 1 is 1.20 bits per heavy atom. The molecule has 2 aromatic rings. The van der Waals surface area contributed by atoms with E-state index in [4.69, 9.17) is 17.3 Å². The van der Waals surface area contributed by atoms with Gasteiger partial charge in [-0.3, -0.25) is 4.31 Å². The third-order valence-corrected chi connectivity index (χ3v) is 5.53. The van der Waals surface area contributed by atoms with Crippen LogP contribution in [0.15, 0.2) is 51.8 Å². The van der Waals surface area contributed by atoms with Crippen LogP contribution in [0.3, 0.4) is 0 Å². The highest BCUT2D eigenvalue weighted by Crippen LogP contribution is 2.30. The van der Waals surface area contributed by atoms with E-state index in [2.05, 4.69) is 15.9 Å². The number of nitrogens with two attached hydrogens (primary N) is 1. The van der Waals surface area contributed by atoms with Crippen LogP contribution in [0.1, 0.15) is 0 Å². The maximum Gasteiger partial charge on any atom is 0.265 e. The molecule has 0 saturated carbocycles. The van der Waals surface area contributed by atoms with Gasteiger partial charge in [0.2, 0.25) is 0 Å². The fraction of sp³-hybridized carbons (Fsp3) is 0.0769. The summed E-state index contributed by atoms with van der Waals surface area (Å²) in [5, 5.41) is 0.162. The van der Waals surface area contributed by atoms with Gasteiger partial charge in [-0.1, -0.05) is 33.6 Å². The van der Waals surface area contributed by atoms with Gasteiger partial charge < -0.3 is 5.73 Å². The number of hydrogen-bond acceptors (Lipinski definition) is 3. The molecule has 0 aliphatic carbocycles. The van der Waals surface area contributed by atoms with E-state index in [1.165, 1.54) is 13.1 Å². The minimum atomic E-state index is -3.73. The zero-order valence-electron chi connectivity index (χ0n) is 10.5. The predicted molar refractivity (Wildman–Crippen MR) is 85.6 cm³/mol. The molecular weight excluding hydrogens is 364 g/mol. The Morgan fingerprint density at radius 2 is 1.90 bits per heavy atom. The van der Waals surface area contributed by atoms with Gasteiger partial charge in [-0.2, -0.15) is 0 Å². The third kappa shape index (κ3) is 2.92. The largest absolute Gasteiger partial charge is 0.399 e. The molecule has 0 bridgehead atoms. The van der Waals surface area contributed by atoms with Crippen LogP contribution >= 0.6 is 27.5 Å². The van der Waals surface area contributed by atoms with Gasteiger partial charge in [0.1, 0.15) is 4.90 Å². The summed E-state index contributed by atoms with van der Waals surface area (Å²) in [6, 6.07) is 11.3. The molecule has 0 atom stereocenters. The van der Waals surface area contributed by atoms with Crippen molar-refractivity contribution in [2.24, 2.45) is 0 Å². The lowest BCUT2D eigenvalue weighted by molar-refractivity contribution is 0.594. The van der Waals surface area contributed by atoms with Crippen LogP contribution in [0.2, 0.25) is 5.02 Å². The zero-order chi connectivity index (χ0) is 14.9. The number of benzene rings is 2. The molecule has 20 heavy (non-hydrogen) atoms. The Bertz CT molecular complexity index is 750. The maximum absolute atomic E-state index is 12.6. The number of sulfonamides is 1. The minimum absolute atomic E-state index is 0.0484. The molecule has 2 aromatic carbocycles. The lowest BCUT2D eigenvalue weighted by Crippen LogP contribution is -2.26. The monoisotopic (exact) mass is 374 g/mol. The molecule has 0 spiro atoms. The van der Waals surface area contributed by atoms with Crippen molar-refractivity contribution in [1.29, 1.82) is 0 Å². The molecule has 0 aliphatic rings. The van der Waals surface area contributed by atoms with E-state index in [0.717, 1.165) is 4.31 Å². The molecule has 0 fully saturated rings. The highest BCUT2D eigenvalue weighted by Gasteiger charge is 2.24. The van der Waals surface area contributed by atoms with Crippen LogP contribution in [0.5, 0.6) is 0 Å². The maximum atomic E-state index is 12.6. The summed E-state index contributed by atoms with van der Waals surface area (Å²) in [5.41, 5.74) is 6.64. The summed E-state index contributed by atoms with van der Waals surface area (Å²) >= 11 is 9.26. The molecule has 106 valence electrons. The summed E-state index contributed by atoms with van der Waals surface area (Å²) in [7, 11) is -2.27. The first-order valence-electron chi connectivity index (χ1n) is 5.62. The lowest BCUT2D eigenvalue weighted by Gasteiger charge is -2.20. The fourth-order valence-corrected chi connectivity index (χ4v) is 3.89. The number of hydrogen-bond donors (Lipinski definition) is 1. The lowest BCUT2D eigenvalue weighted by atomic mass is 10.3. The van der Waals surface area contributed by atoms with Crippen molar-refractivity contribution in [3.63, 3.8) is 0 Å². The van der Waals surface area contributed by atoms with Gasteiger partial charge in [0, 0.05) is 17.2 Å². The van der Waals surface area contributed by atoms with Crippen LogP contribution in [0, 0.1) is 0 Å². The Balaban J connectivity index is 2.49. The average Bonchev–Trinajstić information content (AvgIpc) is 2.37. The predicted octanol–water partition coefficient (Wildman–Crippen LogP) is 3.51. The normalized spacial score (nSPS) is 11.3. The van der Waals surface area contributed by atoms with Crippen LogP contribution in [0.25, 0.3) is 0 Å². The molecule has 4 nitrogen and oxygen atoms in total.